The summed E-state index contributed by atoms with van der Waals surface area (Å²) in [5.41, 5.74) is 5.31. The van der Waals surface area contributed by atoms with Crippen molar-refractivity contribution < 1.29 is 19.5 Å². The monoisotopic (exact) mass is 755 g/mol. The van der Waals surface area contributed by atoms with Crippen molar-refractivity contribution in [1.29, 1.82) is 0 Å². The lowest BCUT2D eigenvalue weighted by Gasteiger charge is -2.42. The van der Waals surface area contributed by atoms with Gasteiger partial charge in [-0.1, -0.05) is 27.5 Å². The van der Waals surface area contributed by atoms with Crippen molar-refractivity contribution in [2.24, 2.45) is 5.92 Å². The summed E-state index contributed by atoms with van der Waals surface area (Å²) >= 11 is 14.0. The highest BCUT2D eigenvalue weighted by Gasteiger charge is 2.42. The number of pyridine rings is 2. The Labute approximate surface area is 283 Å². The summed E-state index contributed by atoms with van der Waals surface area (Å²) in [5, 5.41) is 13.4. The number of carbonyl (C=O) groups is 2. The molecule has 1 unspecified atom stereocenters. The van der Waals surface area contributed by atoms with E-state index in [2.05, 4.69) is 54.3 Å². The number of fused-ring (bicyclic) bond motifs is 2. The lowest BCUT2D eigenvalue weighted by molar-refractivity contribution is -0.904. The zero-order valence-corrected chi connectivity index (χ0v) is 28.5. The molecule has 1 fully saturated rings. The molecule has 2 amide bonds. The molecular weight excluding hydrogens is 724 g/mol. The van der Waals surface area contributed by atoms with Gasteiger partial charge in [-0.25, -0.2) is 4.98 Å². The normalized spacial score (nSPS) is 19.4. The molecule has 0 radical (unpaired) electrons. The highest BCUT2D eigenvalue weighted by Crippen LogP contribution is 2.47. The molecule has 0 spiro atoms. The van der Waals surface area contributed by atoms with Crippen LogP contribution in [-0.4, -0.2) is 55.6 Å². The zero-order valence-electron chi connectivity index (χ0n) is 24.6. The molecule has 4 aromatic rings. The average molecular weight is 758 g/mol. The number of amides is 2. The fraction of sp³-hybridized carbons (Fsp3) is 0.364. The fourth-order valence-corrected chi connectivity index (χ4v) is 8.23. The maximum Gasteiger partial charge on any atom is 0.242 e. The summed E-state index contributed by atoms with van der Waals surface area (Å²) in [6.45, 7) is 1.68. The molecule has 1 aromatic carbocycles. The van der Waals surface area contributed by atoms with Gasteiger partial charge in [0, 0.05) is 75.0 Å². The SMILES string of the molecule is O=C(NCCCn1ccnc1)C1C[C@H]([C@H]2c3ncc(Br)cc3CCc3cc(Cl)cc(Br)c32)CCN1C(=O)Cc1cc[n+](O)cc1. The number of piperidine rings is 1. The van der Waals surface area contributed by atoms with Crippen LogP contribution in [0.4, 0.5) is 0 Å². The number of carbonyl (C=O) groups excluding carboxylic acids is 2. The van der Waals surface area contributed by atoms with E-state index in [0.29, 0.717) is 24.5 Å². The molecule has 0 saturated carbocycles. The van der Waals surface area contributed by atoms with Crippen LogP contribution >= 0.6 is 43.5 Å². The van der Waals surface area contributed by atoms with Crippen molar-refractivity contribution in [3.63, 3.8) is 0 Å². The second kappa shape index (κ2) is 14.0. The molecule has 1 aliphatic heterocycles. The number of imidazole rings is 1. The first-order valence-electron chi connectivity index (χ1n) is 15.1. The number of hydrogen-bond acceptors (Lipinski definition) is 5. The molecule has 3 atom stereocenters. The predicted octanol–water partition coefficient (Wildman–Crippen LogP) is 5.27. The number of nitrogens with zero attached hydrogens (tertiary/aromatic N) is 5. The Bertz CT molecular complexity index is 1680. The molecule has 45 heavy (non-hydrogen) atoms. The van der Waals surface area contributed by atoms with Gasteiger partial charge in [0.25, 0.3) is 0 Å². The van der Waals surface area contributed by atoms with Gasteiger partial charge in [0.2, 0.25) is 24.2 Å². The quantitative estimate of drug-likeness (QED) is 0.145. The van der Waals surface area contributed by atoms with Crippen LogP contribution in [0.2, 0.25) is 5.02 Å². The van der Waals surface area contributed by atoms with Crippen LogP contribution in [0, 0.1) is 5.92 Å². The molecule has 1 saturated heterocycles. The third-order valence-electron chi connectivity index (χ3n) is 8.84. The van der Waals surface area contributed by atoms with Gasteiger partial charge in [0.1, 0.15) is 6.04 Å². The van der Waals surface area contributed by atoms with E-state index in [1.165, 1.54) is 29.1 Å². The van der Waals surface area contributed by atoms with Crippen LogP contribution < -0.4 is 10.0 Å². The highest BCUT2D eigenvalue weighted by atomic mass is 79.9. The van der Waals surface area contributed by atoms with Crippen LogP contribution in [0.5, 0.6) is 0 Å². The molecule has 9 nitrogen and oxygen atoms in total. The van der Waals surface area contributed by atoms with Crippen molar-refractivity contribution in [3.8, 4) is 0 Å². The summed E-state index contributed by atoms with van der Waals surface area (Å²) in [4.78, 5) is 38.4. The molecule has 0 bridgehead atoms. The van der Waals surface area contributed by atoms with Gasteiger partial charge in [-0.2, -0.15) is 0 Å². The second-order valence-electron chi connectivity index (χ2n) is 11.7. The van der Waals surface area contributed by atoms with E-state index >= 15 is 0 Å². The van der Waals surface area contributed by atoms with E-state index in [4.69, 9.17) is 16.6 Å². The largest absolute Gasteiger partial charge is 0.354 e. The molecule has 1 aliphatic carbocycles. The van der Waals surface area contributed by atoms with Crippen LogP contribution in [0.25, 0.3) is 0 Å². The molecule has 2 N–H and O–H groups in total. The minimum atomic E-state index is -0.632. The Hall–Kier alpha value is -3.28. The first kappa shape index (κ1) is 31.7. The third kappa shape index (κ3) is 7.26. The van der Waals surface area contributed by atoms with Crippen molar-refractivity contribution in [1.82, 2.24) is 24.8 Å². The Morgan fingerprint density at radius 1 is 1.13 bits per heavy atom. The topological polar surface area (TPSA) is 104 Å². The number of nitrogens with one attached hydrogen (secondary N) is 1. The Balaban J connectivity index is 1.29. The van der Waals surface area contributed by atoms with Crippen molar-refractivity contribution in [2.45, 2.75) is 57.0 Å². The number of likely N-dealkylation sites (tertiary alicyclic amines) is 1. The van der Waals surface area contributed by atoms with Gasteiger partial charge in [-0.05, 0) is 94.4 Å². The van der Waals surface area contributed by atoms with Gasteiger partial charge in [0.15, 0.2) is 0 Å². The molecule has 6 rings (SSSR count). The third-order valence-corrected chi connectivity index (χ3v) is 10.2. The maximum absolute atomic E-state index is 13.9. The van der Waals surface area contributed by atoms with E-state index < -0.39 is 6.04 Å². The summed E-state index contributed by atoms with van der Waals surface area (Å²) in [7, 11) is 0. The Morgan fingerprint density at radius 2 is 1.93 bits per heavy atom. The Kier molecular flexibility index (Phi) is 9.87. The van der Waals surface area contributed by atoms with Gasteiger partial charge in [0.05, 0.1) is 18.4 Å². The fourth-order valence-electron chi connectivity index (χ4n) is 6.73. The van der Waals surface area contributed by atoms with Crippen LogP contribution in [0.1, 0.15) is 53.1 Å². The first-order chi connectivity index (χ1) is 21.8. The van der Waals surface area contributed by atoms with E-state index in [-0.39, 0.29) is 30.1 Å². The first-order valence-corrected chi connectivity index (χ1v) is 17.1. The lowest BCUT2D eigenvalue weighted by Crippen LogP contribution is -2.54. The Morgan fingerprint density at radius 3 is 2.71 bits per heavy atom. The summed E-state index contributed by atoms with van der Waals surface area (Å²) in [6, 6.07) is 8.93. The smallest absolute Gasteiger partial charge is 0.242 e. The summed E-state index contributed by atoms with van der Waals surface area (Å²) < 4.78 is 4.80. The zero-order chi connectivity index (χ0) is 31.5. The second-order valence-corrected chi connectivity index (χ2v) is 13.9. The molecule has 234 valence electrons. The standard InChI is InChI=1S/C33H33Br2ClN6O3/c34-25-15-24-3-2-22-16-26(36)18-27(35)30(22)31(32(24)39-19-25)23-6-12-42(29(43)14-21-4-10-41(45)11-5-21)28(17-23)33(44)38-7-1-9-40-13-8-37-20-40/h4-5,8,10-11,13,15-16,18-20,23,28,31H,1-3,6-7,9,12,14,17H2,(H-,38,44,45)/p+1/t23-,28?,31-/m1/s1. The van der Waals surface area contributed by atoms with Crippen molar-refractivity contribution in [3.05, 3.63) is 110 Å². The number of aromatic nitrogens is 4. The van der Waals surface area contributed by atoms with E-state index in [1.54, 1.807) is 29.6 Å². The average Bonchev–Trinajstić information content (AvgIpc) is 3.49. The van der Waals surface area contributed by atoms with E-state index in [0.717, 1.165) is 57.2 Å². The van der Waals surface area contributed by atoms with Gasteiger partial charge < -0.3 is 14.8 Å². The maximum atomic E-state index is 13.9. The molecule has 4 heterocycles. The summed E-state index contributed by atoms with van der Waals surface area (Å²) in [5.74, 6) is -0.268. The lowest BCUT2D eigenvalue weighted by atomic mass is 9.74. The van der Waals surface area contributed by atoms with Gasteiger partial charge in [-0.15, -0.1) is 0 Å². The van der Waals surface area contributed by atoms with Crippen molar-refractivity contribution >= 4 is 55.3 Å². The van der Waals surface area contributed by atoms with E-state index in [1.807, 2.05) is 23.0 Å². The minimum Gasteiger partial charge on any atom is -0.354 e. The predicted molar refractivity (Wildman–Crippen MR) is 176 cm³/mol. The molecular formula is C33H34Br2ClN6O3+. The number of benzene rings is 1. The molecule has 12 heteroatoms. The minimum absolute atomic E-state index is 0.0579. The van der Waals surface area contributed by atoms with Crippen LogP contribution in [-0.2, 0) is 35.4 Å². The van der Waals surface area contributed by atoms with E-state index in [9.17, 15) is 14.8 Å². The number of halogens is 3. The number of hydrogen-bond donors (Lipinski definition) is 2. The highest BCUT2D eigenvalue weighted by molar-refractivity contribution is 9.10. The van der Waals surface area contributed by atoms with Crippen LogP contribution in [0.15, 0.2) is 76.6 Å². The van der Waals surface area contributed by atoms with Crippen LogP contribution in [0.3, 0.4) is 0 Å². The number of rotatable bonds is 8. The molecule has 2 aliphatic rings. The van der Waals surface area contributed by atoms with Gasteiger partial charge >= 0.3 is 0 Å². The summed E-state index contributed by atoms with van der Waals surface area (Å²) in [6.07, 6.45) is 14.0. The van der Waals surface area contributed by atoms with Crippen molar-refractivity contribution in [2.75, 3.05) is 13.1 Å². The molecule has 3 aromatic heterocycles. The number of aryl methyl sites for hydroxylation is 3. The van der Waals surface area contributed by atoms with Gasteiger partial charge in [-0.3, -0.25) is 19.8 Å².